The summed E-state index contributed by atoms with van der Waals surface area (Å²) in [7, 11) is 0. The van der Waals surface area contributed by atoms with Gasteiger partial charge in [0.25, 0.3) is 0 Å². The molecule has 0 aliphatic rings. The molecule has 0 atom stereocenters. The number of nitrogens with two attached hydrogens (primary N) is 1. The molecule has 0 aliphatic heterocycles. The Morgan fingerprint density at radius 1 is 0.818 bits per heavy atom. The van der Waals surface area contributed by atoms with Gasteiger partial charge in [-0.15, -0.1) is 26.3 Å². The third kappa shape index (κ3) is 8.50. The molecular formula is C10H15N. The topological polar surface area (TPSA) is 26.0 Å². The van der Waals surface area contributed by atoms with E-state index in [1.807, 2.05) is 30.3 Å². The smallest absolute Gasteiger partial charge is 0.0313 e. The van der Waals surface area contributed by atoms with Gasteiger partial charge in [-0.05, 0) is 12.1 Å². The number of anilines is 1. The summed E-state index contributed by atoms with van der Waals surface area (Å²) in [5.74, 6) is 0. The molecule has 0 saturated heterocycles. The Morgan fingerprint density at radius 2 is 1.18 bits per heavy atom. The van der Waals surface area contributed by atoms with Crippen molar-refractivity contribution in [2.45, 2.75) is 0 Å². The highest BCUT2D eigenvalue weighted by Gasteiger charge is 1.72. The second-order valence-corrected chi connectivity index (χ2v) is 1.41. The summed E-state index contributed by atoms with van der Waals surface area (Å²) in [5.41, 5.74) is 6.18. The molecule has 1 aromatic rings. The van der Waals surface area contributed by atoms with E-state index in [0.717, 1.165) is 5.69 Å². The van der Waals surface area contributed by atoms with Gasteiger partial charge < -0.3 is 5.73 Å². The maximum absolute atomic E-state index is 5.36. The molecule has 0 aliphatic carbocycles. The summed E-state index contributed by atoms with van der Waals surface area (Å²) in [4.78, 5) is 0. The number of hydrogen-bond donors (Lipinski definition) is 1. The van der Waals surface area contributed by atoms with Gasteiger partial charge in [-0.1, -0.05) is 18.2 Å². The van der Waals surface area contributed by atoms with Crippen LogP contribution in [0.3, 0.4) is 0 Å². The normalized spacial score (nSPS) is 6.18. The molecule has 1 rings (SSSR count). The Hall–Kier alpha value is -1.50. The van der Waals surface area contributed by atoms with Crippen LogP contribution in [0.15, 0.2) is 56.6 Å². The quantitative estimate of drug-likeness (QED) is 0.445. The van der Waals surface area contributed by atoms with E-state index >= 15 is 0 Å². The Balaban J connectivity index is 0. The molecule has 0 aromatic heterocycles. The van der Waals surface area contributed by atoms with E-state index in [9.17, 15) is 0 Å². The average molecular weight is 149 g/mol. The summed E-state index contributed by atoms with van der Waals surface area (Å²) in [6.07, 6.45) is 0. The van der Waals surface area contributed by atoms with Crippen LogP contribution in [0.25, 0.3) is 0 Å². The summed E-state index contributed by atoms with van der Waals surface area (Å²) in [5, 5.41) is 0. The maximum Gasteiger partial charge on any atom is 0.0313 e. The first-order valence-electron chi connectivity index (χ1n) is 3.20. The summed E-state index contributed by atoms with van der Waals surface area (Å²) in [6, 6.07) is 9.49. The van der Waals surface area contributed by atoms with Crippen LogP contribution in [0.5, 0.6) is 0 Å². The van der Waals surface area contributed by atoms with Crippen LogP contribution in [0.1, 0.15) is 0 Å². The van der Waals surface area contributed by atoms with Crippen molar-refractivity contribution in [1.82, 2.24) is 0 Å². The highest BCUT2D eigenvalue weighted by Crippen LogP contribution is 1.95. The van der Waals surface area contributed by atoms with Gasteiger partial charge >= 0.3 is 0 Å². The van der Waals surface area contributed by atoms with Crippen molar-refractivity contribution in [3.8, 4) is 0 Å². The molecule has 2 N–H and O–H groups in total. The van der Waals surface area contributed by atoms with E-state index < -0.39 is 0 Å². The number of benzene rings is 1. The SMILES string of the molecule is C=C.C=C.Nc1ccccc1. The van der Waals surface area contributed by atoms with Gasteiger partial charge in [0, 0.05) is 5.69 Å². The van der Waals surface area contributed by atoms with Crippen molar-refractivity contribution >= 4 is 5.69 Å². The number of hydrogen-bond acceptors (Lipinski definition) is 1. The van der Waals surface area contributed by atoms with E-state index in [-0.39, 0.29) is 0 Å². The Labute approximate surface area is 68.9 Å². The van der Waals surface area contributed by atoms with E-state index in [4.69, 9.17) is 5.73 Å². The van der Waals surface area contributed by atoms with Crippen molar-refractivity contribution in [3.05, 3.63) is 56.6 Å². The van der Waals surface area contributed by atoms with Crippen molar-refractivity contribution in [3.63, 3.8) is 0 Å². The second-order valence-electron chi connectivity index (χ2n) is 1.41. The van der Waals surface area contributed by atoms with Gasteiger partial charge in [0.2, 0.25) is 0 Å². The second kappa shape index (κ2) is 11.3. The molecule has 1 aromatic carbocycles. The van der Waals surface area contributed by atoms with E-state index in [0.29, 0.717) is 0 Å². The Kier molecular flexibility index (Phi) is 12.6. The zero-order valence-electron chi connectivity index (χ0n) is 6.79. The van der Waals surface area contributed by atoms with Crippen molar-refractivity contribution < 1.29 is 0 Å². The van der Waals surface area contributed by atoms with Crippen LogP contribution in [0.4, 0.5) is 5.69 Å². The van der Waals surface area contributed by atoms with Crippen LogP contribution in [-0.2, 0) is 0 Å². The lowest BCUT2D eigenvalue weighted by Crippen LogP contribution is -1.79. The minimum absolute atomic E-state index is 0.822. The molecule has 0 heterocycles. The number of para-hydroxylation sites is 1. The number of rotatable bonds is 0. The molecule has 1 nitrogen and oxygen atoms in total. The fraction of sp³-hybridized carbons (Fsp3) is 0. The lowest BCUT2D eigenvalue weighted by atomic mass is 10.3. The Morgan fingerprint density at radius 3 is 1.36 bits per heavy atom. The van der Waals surface area contributed by atoms with E-state index in [1.165, 1.54) is 0 Å². The molecule has 0 unspecified atom stereocenters. The van der Waals surface area contributed by atoms with Crippen molar-refractivity contribution in [2.75, 3.05) is 5.73 Å². The molecule has 0 amide bonds. The molecule has 1 heteroatoms. The van der Waals surface area contributed by atoms with Crippen molar-refractivity contribution in [1.29, 1.82) is 0 Å². The standard InChI is InChI=1S/C6H7N.2C2H4/c7-6-4-2-1-3-5-6;2*1-2/h1-5H,7H2;2*1-2H2. The van der Waals surface area contributed by atoms with E-state index in [2.05, 4.69) is 26.3 Å². The van der Waals surface area contributed by atoms with Crippen LogP contribution in [-0.4, -0.2) is 0 Å². The van der Waals surface area contributed by atoms with Gasteiger partial charge in [0.15, 0.2) is 0 Å². The van der Waals surface area contributed by atoms with Gasteiger partial charge in [0.05, 0.1) is 0 Å². The molecule has 0 bridgehead atoms. The third-order valence-corrected chi connectivity index (χ3v) is 0.800. The van der Waals surface area contributed by atoms with Gasteiger partial charge in [0.1, 0.15) is 0 Å². The number of nitrogen functional groups attached to an aromatic ring is 1. The van der Waals surface area contributed by atoms with Crippen LogP contribution >= 0.6 is 0 Å². The average Bonchev–Trinajstić information content (AvgIpc) is 2.13. The Bertz CT molecular complexity index is 156. The summed E-state index contributed by atoms with van der Waals surface area (Å²) < 4.78 is 0. The molecule has 0 radical (unpaired) electrons. The largest absolute Gasteiger partial charge is 0.399 e. The molecule has 0 fully saturated rings. The zero-order valence-corrected chi connectivity index (χ0v) is 6.79. The summed E-state index contributed by atoms with van der Waals surface area (Å²) >= 11 is 0. The third-order valence-electron chi connectivity index (χ3n) is 0.800. The fourth-order valence-electron chi connectivity index (χ4n) is 0.453. The monoisotopic (exact) mass is 149 g/mol. The van der Waals surface area contributed by atoms with Crippen molar-refractivity contribution in [2.24, 2.45) is 0 Å². The minimum atomic E-state index is 0.822. The maximum atomic E-state index is 5.36. The van der Waals surface area contributed by atoms with Crippen LogP contribution in [0.2, 0.25) is 0 Å². The summed E-state index contributed by atoms with van der Waals surface area (Å²) in [6.45, 7) is 12.0. The van der Waals surface area contributed by atoms with Crippen LogP contribution in [0, 0.1) is 0 Å². The molecule has 0 spiro atoms. The first kappa shape index (κ1) is 12.2. The molecule has 11 heavy (non-hydrogen) atoms. The van der Waals surface area contributed by atoms with Gasteiger partial charge in [-0.3, -0.25) is 0 Å². The first-order chi connectivity index (χ1) is 5.39. The van der Waals surface area contributed by atoms with Gasteiger partial charge in [-0.25, -0.2) is 0 Å². The molecule has 60 valence electrons. The van der Waals surface area contributed by atoms with E-state index in [1.54, 1.807) is 0 Å². The fourth-order valence-corrected chi connectivity index (χ4v) is 0.453. The lowest BCUT2D eigenvalue weighted by Gasteiger charge is -1.83. The zero-order chi connectivity index (χ0) is 9.11. The molecular weight excluding hydrogens is 134 g/mol. The highest BCUT2D eigenvalue weighted by atomic mass is 14.5. The predicted octanol–water partition coefficient (Wildman–Crippen LogP) is 2.87. The lowest BCUT2D eigenvalue weighted by molar-refractivity contribution is 1.69. The first-order valence-corrected chi connectivity index (χ1v) is 3.20. The predicted molar refractivity (Wildman–Crippen MR) is 53.4 cm³/mol. The highest BCUT2D eigenvalue weighted by molar-refractivity contribution is 5.35. The minimum Gasteiger partial charge on any atom is -0.399 e. The molecule has 0 saturated carbocycles. The van der Waals surface area contributed by atoms with Gasteiger partial charge in [-0.2, -0.15) is 0 Å². The van der Waals surface area contributed by atoms with Crippen LogP contribution < -0.4 is 5.73 Å².